The number of carbonyl (C=O) groups excluding carboxylic acids is 2. The molecule has 1 aliphatic heterocycles. The van der Waals surface area contributed by atoms with Crippen LogP contribution in [-0.2, 0) is 14.3 Å². The van der Waals surface area contributed by atoms with Crippen molar-refractivity contribution in [3.8, 4) is 17.2 Å². The van der Waals surface area contributed by atoms with E-state index in [1.165, 1.54) is 42.5 Å². The van der Waals surface area contributed by atoms with Gasteiger partial charge in [-0.2, -0.15) is 0 Å². The number of ether oxygens (including phenoxy) is 4. The van der Waals surface area contributed by atoms with Crippen molar-refractivity contribution in [1.29, 1.82) is 0 Å². The van der Waals surface area contributed by atoms with Crippen LogP contribution in [0.2, 0.25) is 0 Å². The number of rotatable bonds is 7. The maximum Gasteiger partial charge on any atom is 0.379 e. The molecule has 0 radical (unpaired) electrons. The van der Waals surface area contributed by atoms with Crippen LogP contribution in [0.1, 0.15) is 41.6 Å². The molecular formula is C31H28N2O10S. The minimum atomic E-state index is -0.833. The Labute approximate surface area is 254 Å². The Bertz CT molecular complexity index is 1900. The zero-order chi connectivity index (χ0) is 32.0. The summed E-state index contributed by atoms with van der Waals surface area (Å²) in [6.45, 7) is 2.78. The quantitative estimate of drug-likeness (QED) is 0.240. The second-order valence-corrected chi connectivity index (χ2v) is 10.1. The van der Waals surface area contributed by atoms with Crippen molar-refractivity contribution in [2.75, 3.05) is 21.3 Å². The van der Waals surface area contributed by atoms with Crippen LogP contribution in [-0.4, -0.2) is 48.9 Å². The fourth-order valence-corrected chi connectivity index (χ4v) is 5.39. The number of benzene rings is 2. The standard InChI is InChI=1S/C29H24N2O8S.C2H4O2/c1-16-24(28(34)37-4)25(17-7-10-19(11-8-17)39-27(33)21-6-5-13-38-21)31-26(32)23(40-29(31)30-16)14-18-9-12-20(35-2)15-22(18)36-3;1-2(3)4/h5-15,25H,1-4H3;1H3,(H,3,4)/b23-14+;. The fraction of sp³-hybridized carbons (Fsp3) is 0.194. The van der Waals surface area contributed by atoms with Gasteiger partial charge in [-0.25, -0.2) is 14.6 Å². The summed E-state index contributed by atoms with van der Waals surface area (Å²) < 4.78 is 28.1. The highest BCUT2D eigenvalue weighted by Gasteiger charge is 2.33. The molecule has 3 heterocycles. The van der Waals surface area contributed by atoms with Gasteiger partial charge in [-0.1, -0.05) is 23.5 Å². The van der Waals surface area contributed by atoms with Crippen LogP contribution < -0.4 is 29.1 Å². The third kappa shape index (κ3) is 6.79. The molecule has 5 rings (SSSR count). The molecule has 44 heavy (non-hydrogen) atoms. The Hall–Kier alpha value is -5.43. The first kappa shape index (κ1) is 31.5. The molecule has 0 fully saturated rings. The van der Waals surface area contributed by atoms with Gasteiger partial charge in [0.05, 0.1) is 49.4 Å². The SMILES string of the molecule is CC(=O)O.COC(=O)C1=C(C)N=c2s/c(=C/c3ccc(OC)cc3OC)c(=O)n2C1c1ccc(OC(=O)c2ccco2)cc1. The summed E-state index contributed by atoms with van der Waals surface area (Å²) in [6.07, 6.45) is 3.09. The number of nitrogens with zero attached hydrogens (tertiary/aromatic N) is 2. The number of thiazole rings is 1. The molecule has 2 aromatic carbocycles. The van der Waals surface area contributed by atoms with Gasteiger partial charge in [0.1, 0.15) is 17.2 Å². The van der Waals surface area contributed by atoms with E-state index in [2.05, 4.69) is 4.99 Å². The zero-order valence-corrected chi connectivity index (χ0v) is 25.2. The summed E-state index contributed by atoms with van der Waals surface area (Å²) in [6, 6.07) is 14.1. The zero-order valence-electron chi connectivity index (χ0n) is 24.4. The number of methoxy groups -OCH3 is 3. The van der Waals surface area contributed by atoms with Crippen LogP contribution in [0.3, 0.4) is 0 Å². The normalized spacial score (nSPS) is 14.0. The highest BCUT2D eigenvalue weighted by molar-refractivity contribution is 7.07. The summed E-state index contributed by atoms with van der Waals surface area (Å²) in [4.78, 5) is 52.9. The molecular weight excluding hydrogens is 592 g/mol. The lowest BCUT2D eigenvalue weighted by Crippen LogP contribution is -2.39. The van der Waals surface area contributed by atoms with Gasteiger partial charge in [-0.05, 0) is 55.0 Å². The van der Waals surface area contributed by atoms with Crippen LogP contribution in [0.4, 0.5) is 0 Å². The van der Waals surface area contributed by atoms with Crippen molar-refractivity contribution >= 4 is 35.3 Å². The van der Waals surface area contributed by atoms with Gasteiger partial charge >= 0.3 is 11.9 Å². The minimum Gasteiger partial charge on any atom is -0.497 e. The predicted octanol–water partition coefficient (Wildman–Crippen LogP) is 3.33. The third-order valence-corrected chi connectivity index (χ3v) is 7.27. The van der Waals surface area contributed by atoms with Crippen LogP contribution in [0.25, 0.3) is 6.08 Å². The highest BCUT2D eigenvalue weighted by Crippen LogP contribution is 2.32. The number of furan rings is 1. The first-order chi connectivity index (χ1) is 21.1. The number of carboxylic acids is 1. The molecule has 13 heteroatoms. The second-order valence-electron chi connectivity index (χ2n) is 9.14. The molecule has 1 atom stereocenters. The van der Waals surface area contributed by atoms with Gasteiger partial charge in [-0.3, -0.25) is 14.2 Å². The number of carboxylic acid groups (broad SMARTS) is 1. The lowest BCUT2D eigenvalue weighted by atomic mass is 9.96. The summed E-state index contributed by atoms with van der Waals surface area (Å²) in [5.74, 6) is -0.600. The van der Waals surface area contributed by atoms with Gasteiger partial charge in [0, 0.05) is 18.6 Å². The highest BCUT2D eigenvalue weighted by atomic mass is 32.1. The molecule has 1 N–H and O–H groups in total. The van der Waals surface area contributed by atoms with Gasteiger partial charge < -0.3 is 28.5 Å². The Morgan fingerprint density at radius 3 is 2.27 bits per heavy atom. The molecule has 4 aromatic rings. The molecule has 0 saturated carbocycles. The molecule has 0 spiro atoms. The van der Waals surface area contributed by atoms with Crippen molar-refractivity contribution in [3.05, 3.63) is 109 Å². The van der Waals surface area contributed by atoms with Crippen molar-refractivity contribution in [2.45, 2.75) is 19.9 Å². The molecule has 1 aliphatic rings. The molecule has 0 saturated heterocycles. The Balaban J connectivity index is 0.00000104. The van der Waals surface area contributed by atoms with Crippen molar-refractivity contribution in [2.24, 2.45) is 4.99 Å². The molecule has 12 nitrogen and oxygen atoms in total. The predicted molar refractivity (Wildman–Crippen MR) is 159 cm³/mol. The van der Waals surface area contributed by atoms with Crippen LogP contribution in [0.5, 0.6) is 17.2 Å². The van der Waals surface area contributed by atoms with E-state index < -0.39 is 23.9 Å². The van der Waals surface area contributed by atoms with Crippen molar-refractivity contribution < 1.29 is 42.9 Å². The van der Waals surface area contributed by atoms with E-state index >= 15 is 0 Å². The number of carbonyl (C=O) groups is 3. The lowest BCUT2D eigenvalue weighted by Gasteiger charge is -2.24. The molecule has 228 valence electrons. The van der Waals surface area contributed by atoms with Crippen LogP contribution in [0.15, 0.2) is 86.3 Å². The number of hydrogen-bond donors (Lipinski definition) is 1. The van der Waals surface area contributed by atoms with Crippen molar-refractivity contribution in [3.63, 3.8) is 0 Å². The summed E-state index contributed by atoms with van der Waals surface area (Å²) >= 11 is 1.19. The number of aliphatic carboxylic acids is 1. The smallest absolute Gasteiger partial charge is 0.379 e. The van der Waals surface area contributed by atoms with Gasteiger partial charge in [0.15, 0.2) is 4.80 Å². The Morgan fingerprint density at radius 1 is 1.00 bits per heavy atom. The van der Waals surface area contributed by atoms with Gasteiger partial charge in [-0.15, -0.1) is 0 Å². The van der Waals surface area contributed by atoms with Crippen LogP contribution >= 0.6 is 11.3 Å². The Morgan fingerprint density at radius 2 is 1.68 bits per heavy atom. The largest absolute Gasteiger partial charge is 0.497 e. The van der Waals surface area contributed by atoms with E-state index in [-0.39, 0.29) is 22.6 Å². The monoisotopic (exact) mass is 620 g/mol. The molecule has 0 bridgehead atoms. The van der Waals surface area contributed by atoms with Crippen molar-refractivity contribution in [1.82, 2.24) is 4.57 Å². The van der Waals surface area contributed by atoms with Gasteiger partial charge in [0.2, 0.25) is 5.76 Å². The summed E-state index contributed by atoms with van der Waals surface area (Å²) in [5, 5.41) is 7.42. The maximum absolute atomic E-state index is 13.8. The average Bonchev–Trinajstić information content (AvgIpc) is 3.65. The van der Waals surface area contributed by atoms with E-state index in [0.717, 1.165) is 6.92 Å². The number of esters is 2. The first-order valence-corrected chi connectivity index (χ1v) is 13.8. The molecule has 0 aliphatic carbocycles. The van der Waals surface area contributed by atoms with E-state index in [4.69, 9.17) is 33.3 Å². The number of hydrogen-bond acceptors (Lipinski definition) is 11. The number of aromatic nitrogens is 1. The van der Waals surface area contributed by atoms with E-state index in [9.17, 15) is 14.4 Å². The average molecular weight is 621 g/mol. The van der Waals surface area contributed by atoms with E-state index in [0.29, 0.717) is 37.7 Å². The van der Waals surface area contributed by atoms with Gasteiger partial charge in [0.25, 0.3) is 11.5 Å². The third-order valence-electron chi connectivity index (χ3n) is 6.28. The number of allylic oxidation sites excluding steroid dienone is 1. The van der Waals surface area contributed by atoms with Crippen LogP contribution in [0, 0.1) is 0 Å². The summed E-state index contributed by atoms with van der Waals surface area (Å²) in [5.41, 5.74) is 1.59. The van der Waals surface area contributed by atoms with E-state index in [1.54, 1.807) is 68.6 Å². The lowest BCUT2D eigenvalue weighted by molar-refractivity contribution is -0.137. The maximum atomic E-state index is 13.8. The molecule has 1 unspecified atom stereocenters. The number of fused-ring (bicyclic) bond motifs is 1. The van der Waals surface area contributed by atoms with E-state index in [1.807, 2.05) is 0 Å². The topological polar surface area (TPSA) is 156 Å². The minimum absolute atomic E-state index is 0.0660. The Kier molecular flexibility index (Phi) is 9.81. The molecule has 0 amide bonds. The first-order valence-electron chi connectivity index (χ1n) is 13.0. The fourth-order valence-electron chi connectivity index (χ4n) is 4.36. The second kappa shape index (κ2) is 13.7. The summed E-state index contributed by atoms with van der Waals surface area (Å²) in [7, 11) is 4.37. The molecule has 2 aromatic heterocycles.